The molecule has 3 nitrogen and oxygen atoms in total. The highest BCUT2D eigenvalue weighted by Crippen LogP contribution is 2.56. The lowest BCUT2D eigenvalue weighted by Gasteiger charge is -2.34. The molecule has 7 rings (SSSR count). The number of amides is 2. The van der Waals surface area contributed by atoms with Gasteiger partial charge in [-0.3, -0.25) is 9.59 Å². The Morgan fingerprint density at radius 2 is 0.892 bits per heavy atom. The summed E-state index contributed by atoms with van der Waals surface area (Å²) in [5.74, 6) is -0.559. The van der Waals surface area contributed by atoms with Crippen LogP contribution >= 0.6 is 0 Å². The SMILES string of the molecule is Cc1ccc(C2(c3ccc(N4C(=O)c5ccccc5C4=O)cc3)c3ccccc3-c3ccccc32)cc1. The first kappa shape index (κ1) is 21.5. The predicted octanol–water partition coefficient (Wildman–Crippen LogP) is 7.16. The monoisotopic (exact) mass is 477 g/mol. The quantitative estimate of drug-likeness (QED) is 0.254. The number of imide groups is 1. The van der Waals surface area contributed by atoms with Crippen molar-refractivity contribution in [1.29, 1.82) is 0 Å². The molecular formula is C34H23NO2. The third-order valence-corrected chi connectivity index (χ3v) is 7.79. The van der Waals surface area contributed by atoms with Crippen LogP contribution in [-0.4, -0.2) is 11.8 Å². The number of carbonyl (C=O) groups is 2. The molecule has 2 amide bonds. The summed E-state index contributed by atoms with van der Waals surface area (Å²) in [7, 11) is 0. The van der Waals surface area contributed by atoms with Crippen molar-refractivity contribution in [3.8, 4) is 11.1 Å². The van der Waals surface area contributed by atoms with Gasteiger partial charge in [0.25, 0.3) is 11.8 Å². The van der Waals surface area contributed by atoms with Gasteiger partial charge in [0.15, 0.2) is 0 Å². The average Bonchev–Trinajstić information content (AvgIpc) is 3.39. The van der Waals surface area contributed by atoms with E-state index in [1.165, 1.54) is 38.3 Å². The van der Waals surface area contributed by atoms with E-state index in [9.17, 15) is 9.59 Å². The second kappa shape index (κ2) is 7.87. The van der Waals surface area contributed by atoms with Gasteiger partial charge in [-0.05, 0) is 64.6 Å². The lowest BCUT2D eigenvalue weighted by Crippen LogP contribution is -2.30. The zero-order chi connectivity index (χ0) is 25.1. The molecule has 0 aromatic heterocycles. The van der Waals surface area contributed by atoms with E-state index in [2.05, 4.69) is 91.9 Å². The summed E-state index contributed by atoms with van der Waals surface area (Å²) in [5, 5.41) is 0. The second-order valence-electron chi connectivity index (χ2n) is 9.75. The van der Waals surface area contributed by atoms with Crippen LogP contribution in [0, 0.1) is 6.92 Å². The normalized spacial score (nSPS) is 14.9. The highest BCUT2D eigenvalue weighted by molar-refractivity contribution is 6.34. The van der Waals surface area contributed by atoms with Crippen molar-refractivity contribution in [1.82, 2.24) is 0 Å². The third-order valence-electron chi connectivity index (χ3n) is 7.79. The Morgan fingerprint density at radius 3 is 1.38 bits per heavy atom. The molecule has 176 valence electrons. The minimum Gasteiger partial charge on any atom is -0.268 e. The van der Waals surface area contributed by atoms with Crippen molar-refractivity contribution >= 4 is 17.5 Å². The van der Waals surface area contributed by atoms with Crippen molar-refractivity contribution in [3.05, 3.63) is 160 Å². The van der Waals surface area contributed by atoms with Gasteiger partial charge in [-0.2, -0.15) is 0 Å². The van der Waals surface area contributed by atoms with E-state index in [-0.39, 0.29) is 11.8 Å². The lowest BCUT2D eigenvalue weighted by molar-refractivity contribution is 0.0926. The summed E-state index contributed by atoms with van der Waals surface area (Å²) >= 11 is 0. The van der Waals surface area contributed by atoms with Crippen molar-refractivity contribution in [2.75, 3.05) is 4.90 Å². The van der Waals surface area contributed by atoms with Crippen LogP contribution in [0.4, 0.5) is 5.69 Å². The molecule has 0 spiro atoms. The fourth-order valence-electron chi connectivity index (χ4n) is 6.11. The number of carbonyl (C=O) groups excluding carboxylic acids is 2. The summed E-state index contributed by atoms with van der Waals surface area (Å²) in [6.45, 7) is 2.10. The van der Waals surface area contributed by atoms with Crippen molar-refractivity contribution in [3.63, 3.8) is 0 Å². The summed E-state index contributed by atoms with van der Waals surface area (Å²) in [6.07, 6.45) is 0. The maximum absolute atomic E-state index is 13.1. The summed E-state index contributed by atoms with van der Waals surface area (Å²) in [6, 6.07) is 40.9. The van der Waals surface area contributed by atoms with Crippen LogP contribution in [0.3, 0.4) is 0 Å². The molecule has 0 bridgehead atoms. The molecular weight excluding hydrogens is 454 g/mol. The molecule has 1 heterocycles. The number of rotatable bonds is 3. The van der Waals surface area contributed by atoms with Gasteiger partial charge in [-0.15, -0.1) is 0 Å². The Balaban J connectivity index is 1.43. The maximum Gasteiger partial charge on any atom is 0.266 e. The third kappa shape index (κ3) is 2.88. The van der Waals surface area contributed by atoms with E-state index in [0.29, 0.717) is 16.8 Å². The molecule has 0 radical (unpaired) electrons. The first-order chi connectivity index (χ1) is 18.1. The topological polar surface area (TPSA) is 37.4 Å². The van der Waals surface area contributed by atoms with Crippen LogP contribution in [0.1, 0.15) is 48.5 Å². The Labute approximate surface area is 215 Å². The van der Waals surface area contributed by atoms with Gasteiger partial charge in [-0.25, -0.2) is 4.90 Å². The minimum absolute atomic E-state index is 0.279. The molecule has 0 saturated heterocycles. The minimum atomic E-state index is -0.512. The van der Waals surface area contributed by atoms with Crippen molar-refractivity contribution in [2.45, 2.75) is 12.3 Å². The molecule has 0 fully saturated rings. The summed E-state index contributed by atoms with van der Waals surface area (Å²) in [5.41, 5.74) is 9.36. The Morgan fingerprint density at radius 1 is 0.486 bits per heavy atom. The number of aryl methyl sites for hydroxylation is 1. The molecule has 0 N–H and O–H groups in total. The van der Waals surface area contributed by atoms with E-state index < -0.39 is 5.41 Å². The number of nitrogens with zero attached hydrogens (tertiary/aromatic N) is 1. The summed E-state index contributed by atoms with van der Waals surface area (Å²) in [4.78, 5) is 27.5. The number of benzene rings is 5. The largest absolute Gasteiger partial charge is 0.268 e. The first-order valence-electron chi connectivity index (χ1n) is 12.5. The van der Waals surface area contributed by atoms with Crippen LogP contribution < -0.4 is 4.90 Å². The van der Waals surface area contributed by atoms with Crippen LogP contribution in [0.5, 0.6) is 0 Å². The predicted molar refractivity (Wildman–Crippen MR) is 146 cm³/mol. The van der Waals surface area contributed by atoms with E-state index >= 15 is 0 Å². The van der Waals surface area contributed by atoms with E-state index in [4.69, 9.17) is 0 Å². The van der Waals surface area contributed by atoms with Gasteiger partial charge in [0.1, 0.15) is 0 Å². The van der Waals surface area contributed by atoms with Gasteiger partial charge in [0, 0.05) is 0 Å². The van der Waals surface area contributed by atoms with E-state index in [1.807, 2.05) is 12.1 Å². The molecule has 2 aliphatic rings. The Bertz CT molecular complexity index is 1630. The standard InChI is InChI=1S/C34H23NO2/c1-22-14-16-23(17-15-22)34(30-12-6-4-8-26(30)27-9-5-7-13-31(27)34)24-18-20-25(21-19-24)35-32(36)28-10-2-3-11-29(28)33(35)37/h2-21H,1H3. The fourth-order valence-corrected chi connectivity index (χ4v) is 6.11. The van der Waals surface area contributed by atoms with Crippen molar-refractivity contribution < 1.29 is 9.59 Å². The molecule has 0 atom stereocenters. The maximum atomic E-state index is 13.1. The number of hydrogen-bond acceptors (Lipinski definition) is 2. The van der Waals surface area contributed by atoms with Gasteiger partial charge >= 0.3 is 0 Å². The zero-order valence-electron chi connectivity index (χ0n) is 20.3. The van der Waals surface area contributed by atoms with Crippen molar-refractivity contribution in [2.24, 2.45) is 0 Å². The second-order valence-corrected chi connectivity index (χ2v) is 9.75. The molecule has 1 aliphatic heterocycles. The smallest absolute Gasteiger partial charge is 0.266 e. The van der Waals surface area contributed by atoms with E-state index in [0.717, 1.165) is 5.56 Å². The molecule has 3 heteroatoms. The van der Waals surface area contributed by atoms with Crippen LogP contribution in [0.25, 0.3) is 11.1 Å². The van der Waals surface area contributed by atoms with Gasteiger partial charge in [-0.1, -0.05) is 103 Å². The first-order valence-corrected chi connectivity index (χ1v) is 12.5. The molecule has 1 aliphatic carbocycles. The Hall–Kier alpha value is -4.76. The number of hydrogen-bond donors (Lipinski definition) is 0. The molecule has 0 saturated carbocycles. The van der Waals surface area contributed by atoms with Gasteiger partial charge in [0.2, 0.25) is 0 Å². The summed E-state index contributed by atoms with van der Waals surface area (Å²) < 4.78 is 0. The highest BCUT2D eigenvalue weighted by atomic mass is 16.2. The van der Waals surface area contributed by atoms with Crippen LogP contribution in [0.15, 0.2) is 121 Å². The van der Waals surface area contributed by atoms with Crippen LogP contribution in [-0.2, 0) is 5.41 Å². The van der Waals surface area contributed by atoms with Gasteiger partial charge < -0.3 is 0 Å². The molecule has 5 aromatic carbocycles. The number of anilines is 1. The number of fused-ring (bicyclic) bond motifs is 4. The Kier molecular flexibility index (Phi) is 4.58. The fraction of sp³-hybridized carbons (Fsp3) is 0.0588. The van der Waals surface area contributed by atoms with Crippen LogP contribution in [0.2, 0.25) is 0 Å². The molecule has 5 aromatic rings. The van der Waals surface area contributed by atoms with E-state index in [1.54, 1.807) is 24.3 Å². The highest BCUT2D eigenvalue weighted by Gasteiger charge is 2.46. The average molecular weight is 478 g/mol. The lowest BCUT2D eigenvalue weighted by atomic mass is 9.67. The van der Waals surface area contributed by atoms with Gasteiger partial charge in [0.05, 0.1) is 22.2 Å². The zero-order valence-corrected chi connectivity index (χ0v) is 20.3. The molecule has 0 unspecified atom stereocenters. The molecule has 37 heavy (non-hydrogen) atoms.